The van der Waals surface area contributed by atoms with E-state index in [1.54, 1.807) is 0 Å². The Bertz CT molecular complexity index is 121. The molecule has 0 heterocycles. The lowest BCUT2D eigenvalue weighted by Gasteiger charge is -1.95. The second-order valence-corrected chi connectivity index (χ2v) is 2.19. The van der Waals surface area contributed by atoms with Gasteiger partial charge in [0.1, 0.15) is 0 Å². The SMILES string of the molecule is CCCOCCC#CCCO. The normalized spacial score (nSPS) is 8.91. The van der Waals surface area contributed by atoms with Crippen LogP contribution in [0.25, 0.3) is 0 Å². The van der Waals surface area contributed by atoms with Crippen LogP contribution in [0.3, 0.4) is 0 Å². The molecule has 0 spiro atoms. The first-order valence-electron chi connectivity index (χ1n) is 4.06. The quantitative estimate of drug-likeness (QED) is 0.478. The van der Waals surface area contributed by atoms with Crippen molar-refractivity contribution < 1.29 is 9.84 Å². The van der Waals surface area contributed by atoms with E-state index in [2.05, 4.69) is 18.8 Å². The third kappa shape index (κ3) is 9.48. The smallest absolute Gasteiger partial charge is 0.0575 e. The van der Waals surface area contributed by atoms with Gasteiger partial charge < -0.3 is 9.84 Å². The zero-order valence-corrected chi connectivity index (χ0v) is 7.10. The fourth-order valence-electron chi connectivity index (χ4n) is 0.602. The Morgan fingerprint density at radius 1 is 1.18 bits per heavy atom. The molecular weight excluding hydrogens is 140 g/mol. The van der Waals surface area contributed by atoms with Crippen LogP contribution >= 0.6 is 0 Å². The van der Waals surface area contributed by atoms with E-state index in [1.807, 2.05) is 0 Å². The first kappa shape index (κ1) is 10.5. The molecule has 0 radical (unpaired) electrons. The van der Waals surface area contributed by atoms with Crippen LogP contribution in [0.15, 0.2) is 0 Å². The summed E-state index contributed by atoms with van der Waals surface area (Å²) in [6.07, 6.45) is 2.41. The first-order valence-corrected chi connectivity index (χ1v) is 4.06. The highest BCUT2D eigenvalue weighted by Crippen LogP contribution is 1.83. The highest BCUT2D eigenvalue weighted by atomic mass is 16.5. The molecule has 0 aromatic carbocycles. The molecule has 0 aromatic heterocycles. The third-order valence-electron chi connectivity index (χ3n) is 1.08. The van der Waals surface area contributed by atoms with Gasteiger partial charge in [-0.25, -0.2) is 0 Å². The van der Waals surface area contributed by atoms with Gasteiger partial charge in [-0.3, -0.25) is 0 Å². The lowest BCUT2D eigenvalue weighted by atomic mass is 10.4. The van der Waals surface area contributed by atoms with E-state index < -0.39 is 0 Å². The summed E-state index contributed by atoms with van der Waals surface area (Å²) in [5, 5.41) is 8.37. The van der Waals surface area contributed by atoms with Crippen LogP contribution in [0, 0.1) is 11.8 Å². The average Bonchev–Trinajstić information content (AvgIpc) is 2.03. The Labute approximate surface area is 68.6 Å². The van der Waals surface area contributed by atoms with Crippen molar-refractivity contribution in [3.05, 3.63) is 0 Å². The van der Waals surface area contributed by atoms with Crippen LogP contribution < -0.4 is 0 Å². The van der Waals surface area contributed by atoms with Gasteiger partial charge in [-0.05, 0) is 6.42 Å². The molecular formula is C9H16O2. The zero-order chi connectivity index (χ0) is 8.36. The zero-order valence-electron chi connectivity index (χ0n) is 7.10. The van der Waals surface area contributed by atoms with Crippen LogP contribution in [0.1, 0.15) is 26.2 Å². The first-order chi connectivity index (χ1) is 5.41. The van der Waals surface area contributed by atoms with Gasteiger partial charge in [0.15, 0.2) is 0 Å². The molecule has 0 aliphatic rings. The molecule has 0 amide bonds. The molecule has 0 atom stereocenters. The van der Waals surface area contributed by atoms with Crippen LogP contribution in [0.5, 0.6) is 0 Å². The molecule has 64 valence electrons. The molecule has 0 fully saturated rings. The van der Waals surface area contributed by atoms with Crippen LogP contribution in [-0.4, -0.2) is 24.9 Å². The van der Waals surface area contributed by atoms with Gasteiger partial charge in [0.05, 0.1) is 13.2 Å². The van der Waals surface area contributed by atoms with Crippen molar-refractivity contribution >= 4 is 0 Å². The Morgan fingerprint density at radius 3 is 2.55 bits per heavy atom. The number of hydrogen-bond donors (Lipinski definition) is 1. The Kier molecular flexibility index (Phi) is 9.03. The fourth-order valence-corrected chi connectivity index (χ4v) is 0.602. The predicted octanol–water partition coefficient (Wildman–Crippen LogP) is 1.19. The number of hydrogen-bond acceptors (Lipinski definition) is 2. The lowest BCUT2D eigenvalue weighted by Crippen LogP contribution is -1.93. The lowest BCUT2D eigenvalue weighted by molar-refractivity contribution is 0.140. The summed E-state index contributed by atoms with van der Waals surface area (Å²) < 4.78 is 5.20. The Hall–Kier alpha value is -0.520. The summed E-state index contributed by atoms with van der Waals surface area (Å²) in [4.78, 5) is 0. The molecule has 2 heteroatoms. The number of rotatable bonds is 5. The van der Waals surface area contributed by atoms with Crippen molar-refractivity contribution in [2.24, 2.45) is 0 Å². The fraction of sp³-hybridized carbons (Fsp3) is 0.778. The molecule has 0 aromatic rings. The van der Waals surface area contributed by atoms with E-state index in [-0.39, 0.29) is 6.61 Å². The molecule has 2 nitrogen and oxygen atoms in total. The van der Waals surface area contributed by atoms with Gasteiger partial charge in [-0.1, -0.05) is 6.92 Å². The maximum Gasteiger partial charge on any atom is 0.0575 e. The van der Waals surface area contributed by atoms with E-state index in [4.69, 9.17) is 9.84 Å². The van der Waals surface area contributed by atoms with Gasteiger partial charge in [-0.2, -0.15) is 0 Å². The summed E-state index contributed by atoms with van der Waals surface area (Å²) in [5.74, 6) is 5.74. The highest BCUT2D eigenvalue weighted by Gasteiger charge is 1.81. The summed E-state index contributed by atoms with van der Waals surface area (Å²) in [7, 11) is 0. The molecule has 0 unspecified atom stereocenters. The third-order valence-corrected chi connectivity index (χ3v) is 1.08. The molecule has 0 aliphatic carbocycles. The highest BCUT2D eigenvalue weighted by molar-refractivity contribution is 4.98. The summed E-state index contributed by atoms with van der Waals surface area (Å²) in [6.45, 7) is 3.77. The average molecular weight is 156 g/mol. The van der Waals surface area contributed by atoms with Crippen LogP contribution in [-0.2, 0) is 4.74 Å². The maximum atomic E-state index is 8.37. The van der Waals surface area contributed by atoms with Crippen molar-refractivity contribution in [2.75, 3.05) is 19.8 Å². The van der Waals surface area contributed by atoms with E-state index in [9.17, 15) is 0 Å². The molecule has 11 heavy (non-hydrogen) atoms. The van der Waals surface area contributed by atoms with Crippen molar-refractivity contribution in [1.82, 2.24) is 0 Å². The number of aliphatic hydroxyl groups excluding tert-OH is 1. The largest absolute Gasteiger partial charge is 0.395 e. The minimum absolute atomic E-state index is 0.156. The van der Waals surface area contributed by atoms with E-state index in [1.165, 1.54) is 0 Å². The summed E-state index contributed by atoms with van der Waals surface area (Å²) in [5.41, 5.74) is 0. The van der Waals surface area contributed by atoms with Crippen molar-refractivity contribution in [1.29, 1.82) is 0 Å². The van der Waals surface area contributed by atoms with Gasteiger partial charge >= 0.3 is 0 Å². The topological polar surface area (TPSA) is 29.5 Å². The Balaban J connectivity index is 2.96. The minimum atomic E-state index is 0.156. The monoisotopic (exact) mass is 156 g/mol. The standard InChI is InChI=1S/C9H16O2/c1-2-8-11-9-6-4-3-5-7-10/h10H,2,5-9H2,1H3. The van der Waals surface area contributed by atoms with Gasteiger partial charge in [-0.15, -0.1) is 11.8 Å². The summed E-state index contributed by atoms with van der Waals surface area (Å²) in [6, 6.07) is 0. The minimum Gasteiger partial charge on any atom is -0.395 e. The maximum absolute atomic E-state index is 8.37. The molecule has 0 saturated heterocycles. The van der Waals surface area contributed by atoms with Crippen molar-refractivity contribution in [3.63, 3.8) is 0 Å². The van der Waals surface area contributed by atoms with Crippen molar-refractivity contribution in [3.8, 4) is 11.8 Å². The van der Waals surface area contributed by atoms with Gasteiger partial charge in [0, 0.05) is 19.4 Å². The van der Waals surface area contributed by atoms with Gasteiger partial charge in [0.2, 0.25) is 0 Å². The molecule has 0 aliphatic heterocycles. The van der Waals surface area contributed by atoms with E-state index in [0.717, 1.165) is 19.4 Å². The molecule has 0 saturated carbocycles. The number of aliphatic hydroxyl groups is 1. The van der Waals surface area contributed by atoms with Crippen LogP contribution in [0.4, 0.5) is 0 Å². The second-order valence-electron chi connectivity index (χ2n) is 2.19. The predicted molar refractivity (Wildman–Crippen MR) is 45.2 cm³/mol. The van der Waals surface area contributed by atoms with E-state index in [0.29, 0.717) is 13.0 Å². The molecule has 1 N–H and O–H groups in total. The molecule has 0 rings (SSSR count). The van der Waals surface area contributed by atoms with Crippen molar-refractivity contribution in [2.45, 2.75) is 26.2 Å². The van der Waals surface area contributed by atoms with Gasteiger partial charge in [0.25, 0.3) is 0 Å². The van der Waals surface area contributed by atoms with E-state index >= 15 is 0 Å². The second kappa shape index (κ2) is 9.48. The molecule has 0 bridgehead atoms. The Morgan fingerprint density at radius 2 is 1.91 bits per heavy atom. The van der Waals surface area contributed by atoms with Crippen LogP contribution in [0.2, 0.25) is 0 Å². The summed E-state index contributed by atoms with van der Waals surface area (Å²) >= 11 is 0. The number of ether oxygens (including phenoxy) is 1.